The molecule has 4 heteroatoms. The molecule has 3 N–H and O–H groups in total. The first-order valence-electron chi connectivity index (χ1n) is 3.42. The summed E-state index contributed by atoms with van der Waals surface area (Å²) in [4.78, 5) is 0. The van der Waals surface area contributed by atoms with Crippen LogP contribution in [0.1, 0.15) is 18.6 Å². The molecule has 0 fully saturated rings. The number of rotatable bonds is 1. The molecule has 0 bridgehead atoms. The van der Waals surface area contributed by atoms with Crippen LogP contribution in [0, 0.1) is 5.82 Å². The van der Waals surface area contributed by atoms with Gasteiger partial charge in [-0.2, -0.15) is 0 Å². The first-order valence-corrected chi connectivity index (χ1v) is 3.42. The van der Waals surface area contributed by atoms with Crippen molar-refractivity contribution in [2.45, 2.75) is 13.0 Å². The average Bonchev–Trinajstić information content (AvgIpc) is 1.97. The Labute approximate surface area is 68.7 Å². The number of hydrogen-bond donors (Lipinski definition) is 3. The molecule has 66 valence electrons. The van der Waals surface area contributed by atoms with E-state index in [1.807, 2.05) is 0 Å². The van der Waals surface area contributed by atoms with Crippen LogP contribution in [0.5, 0.6) is 11.5 Å². The van der Waals surface area contributed by atoms with E-state index in [1.165, 1.54) is 6.92 Å². The summed E-state index contributed by atoms with van der Waals surface area (Å²) in [6.07, 6.45) is -1.14. The first-order chi connectivity index (χ1) is 5.54. The summed E-state index contributed by atoms with van der Waals surface area (Å²) in [7, 11) is 0. The van der Waals surface area contributed by atoms with Crippen molar-refractivity contribution in [3.8, 4) is 11.5 Å². The van der Waals surface area contributed by atoms with E-state index >= 15 is 0 Å². The summed E-state index contributed by atoms with van der Waals surface area (Å²) in [5.41, 5.74) is -0.282. The maximum absolute atomic E-state index is 12.9. The van der Waals surface area contributed by atoms with Crippen molar-refractivity contribution in [1.82, 2.24) is 0 Å². The summed E-state index contributed by atoms with van der Waals surface area (Å²) in [5, 5.41) is 27.0. The van der Waals surface area contributed by atoms with E-state index in [4.69, 9.17) is 15.3 Å². The van der Waals surface area contributed by atoms with Crippen LogP contribution in [0.4, 0.5) is 4.39 Å². The molecule has 0 aliphatic heterocycles. The van der Waals surface area contributed by atoms with Crippen molar-refractivity contribution in [3.63, 3.8) is 0 Å². The number of phenols is 2. The largest absolute Gasteiger partial charge is 0.504 e. The Morgan fingerprint density at radius 3 is 2.33 bits per heavy atom. The topological polar surface area (TPSA) is 60.7 Å². The van der Waals surface area contributed by atoms with Crippen molar-refractivity contribution in [2.75, 3.05) is 0 Å². The molecule has 1 aromatic rings. The number of benzene rings is 1. The zero-order valence-electron chi connectivity index (χ0n) is 6.45. The highest BCUT2D eigenvalue weighted by molar-refractivity contribution is 5.46. The van der Waals surface area contributed by atoms with Crippen molar-refractivity contribution in [1.29, 1.82) is 0 Å². The van der Waals surface area contributed by atoms with Gasteiger partial charge in [0.1, 0.15) is 5.82 Å². The molecular formula is C8H9FO3. The quantitative estimate of drug-likeness (QED) is 0.559. The van der Waals surface area contributed by atoms with Gasteiger partial charge in [-0.15, -0.1) is 0 Å². The number of aliphatic hydroxyl groups excluding tert-OH is 1. The Hall–Kier alpha value is -1.29. The fourth-order valence-electron chi connectivity index (χ4n) is 0.969. The second-order valence-corrected chi connectivity index (χ2v) is 2.50. The summed E-state index contributed by atoms with van der Waals surface area (Å²) < 4.78 is 12.9. The Kier molecular flexibility index (Phi) is 2.19. The summed E-state index contributed by atoms with van der Waals surface area (Å²) >= 11 is 0. The Balaban J connectivity index is 3.33. The van der Waals surface area contributed by atoms with Crippen molar-refractivity contribution >= 4 is 0 Å². The molecular weight excluding hydrogens is 163 g/mol. The normalized spacial score (nSPS) is 12.9. The minimum atomic E-state index is -1.14. The van der Waals surface area contributed by atoms with Gasteiger partial charge in [0.2, 0.25) is 0 Å². The zero-order chi connectivity index (χ0) is 9.30. The molecule has 1 unspecified atom stereocenters. The highest BCUT2D eigenvalue weighted by Gasteiger charge is 2.16. The number of aromatic hydroxyl groups is 2. The standard InChI is InChI=1S/C8H9FO3/c1-4(10)7-5(9)2-3-6(11)8(7)12/h2-4,10-12H,1H3. The smallest absolute Gasteiger partial charge is 0.166 e. The van der Waals surface area contributed by atoms with E-state index in [9.17, 15) is 4.39 Å². The van der Waals surface area contributed by atoms with Crippen LogP contribution in [0.15, 0.2) is 12.1 Å². The number of halogens is 1. The molecule has 0 radical (unpaired) electrons. The minimum absolute atomic E-state index is 0.282. The fraction of sp³-hybridized carbons (Fsp3) is 0.250. The molecule has 3 nitrogen and oxygen atoms in total. The molecule has 1 rings (SSSR count). The molecule has 0 aliphatic rings. The molecule has 0 heterocycles. The van der Waals surface area contributed by atoms with Crippen LogP contribution in [0.25, 0.3) is 0 Å². The molecule has 0 spiro atoms. The monoisotopic (exact) mass is 172 g/mol. The second-order valence-electron chi connectivity index (χ2n) is 2.50. The fourth-order valence-corrected chi connectivity index (χ4v) is 0.969. The third kappa shape index (κ3) is 1.33. The number of phenolic OH excluding ortho intramolecular Hbond substituents is 2. The summed E-state index contributed by atoms with van der Waals surface area (Å²) in [5.74, 6) is -1.78. The molecule has 1 atom stereocenters. The first kappa shape index (κ1) is 8.80. The van der Waals surface area contributed by atoms with Gasteiger partial charge < -0.3 is 15.3 Å². The molecule has 0 amide bonds. The Morgan fingerprint density at radius 1 is 1.33 bits per heavy atom. The number of hydrogen-bond acceptors (Lipinski definition) is 3. The van der Waals surface area contributed by atoms with Gasteiger partial charge in [-0.3, -0.25) is 0 Å². The second kappa shape index (κ2) is 2.98. The molecule has 0 aliphatic carbocycles. The van der Waals surface area contributed by atoms with E-state index in [1.54, 1.807) is 0 Å². The van der Waals surface area contributed by atoms with Gasteiger partial charge in [-0.25, -0.2) is 4.39 Å². The Morgan fingerprint density at radius 2 is 1.92 bits per heavy atom. The maximum atomic E-state index is 12.9. The van der Waals surface area contributed by atoms with Gasteiger partial charge in [0, 0.05) is 0 Å². The lowest BCUT2D eigenvalue weighted by Gasteiger charge is -2.09. The van der Waals surface area contributed by atoms with Gasteiger partial charge >= 0.3 is 0 Å². The van der Waals surface area contributed by atoms with Gasteiger partial charge in [0.25, 0.3) is 0 Å². The van der Waals surface area contributed by atoms with E-state index in [0.717, 1.165) is 12.1 Å². The zero-order valence-corrected chi connectivity index (χ0v) is 6.45. The lowest BCUT2D eigenvalue weighted by atomic mass is 10.1. The SMILES string of the molecule is CC(O)c1c(F)ccc(O)c1O. The van der Waals surface area contributed by atoms with Crippen LogP contribution in [-0.2, 0) is 0 Å². The third-order valence-corrected chi connectivity index (χ3v) is 1.56. The van der Waals surface area contributed by atoms with Gasteiger partial charge in [0.05, 0.1) is 11.7 Å². The number of aliphatic hydroxyl groups is 1. The van der Waals surface area contributed by atoms with E-state index in [0.29, 0.717) is 0 Å². The highest BCUT2D eigenvalue weighted by atomic mass is 19.1. The molecule has 1 aromatic carbocycles. The lowest BCUT2D eigenvalue weighted by Crippen LogP contribution is -1.96. The van der Waals surface area contributed by atoms with E-state index in [2.05, 4.69) is 0 Å². The van der Waals surface area contributed by atoms with Gasteiger partial charge in [0.15, 0.2) is 11.5 Å². The van der Waals surface area contributed by atoms with Crippen LogP contribution >= 0.6 is 0 Å². The minimum Gasteiger partial charge on any atom is -0.504 e. The molecule has 0 aromatic heterocycles. The Bertz CT molecular complexity index is 297. The van der Waals surface area contributed by atoms with Gasteiger partial charge in [-0.05, 0) is 19.1 Å². The predicted octanol–water partition coefficient (Wildman–Crippen LogP) is 1.29. The van der Waals surface area contributed by atoms with E-state index < -0.39 is 23.4 Å². The van der Waals surface area contributed by atoms with Crippen molar-refractivity contribution in [2.24, 2.45) is 0 Å². The third-order valence-electron chi connectivity index (χ3n) is 1.56. The highest BCUT2D eigenvalue weighted by Crippen LogP contribution is 2.34. The van der Waals surface area contributed by atoms with Crippen LogP contribution in [0.3, 0.4) is 0 Å². The lowest BCUT2D eigenvalue weighted by molar-refractivity contribution is 0.188. The van der Waals surface area contributed by atoms with E-state index in [-0.39, 0.29) is 5.56 Å². The molecule has 0 saturated carbocycles. The maximum Gasteiger partial charge on any atom is 0.166 e. The average molecular weight is 172 g/mol. The molecule has 12 heavy (non-hydrogen) atoms. The van der Waals surface area contributed by atoms with Crippen molar-refractivity contribution in [3.05, 3.63) is 23.5 Å². The summed E-state index contributed by atoms with van der Waals surface area (Å²) in [6, 6.07) is 2.01. The summed E-state index contributed by atoms with van der Waals surface area (Å²) in [6.45, 7) is 1.30. The van der Waals surface area contributed by atoms with Crippen LogP contribution in [0.2, 0.25) is 0 Å². The predicted molar refractivity (Wildman–Crippen MR) is 40.4 cm³/mol. The molecule has 0 saturated heterocycles. The van der Waals surface area contributed by atoms with Gasteiger partial charge in [-0.1, -0.05) is 0 Å². The van der Waals surface area contributed by atoms with Crippen LogP contribution in [-0.4, -0.2) is 15.3 Å². The van der Waals surface area contributed by atoms with Crippen molar-refractivity contribution < 1.29 is 19.7 Å². The van der Waals surface area contributed by atoms with Crippen LogP contribution < -0.4 is 0 Å².